The van der Waals surface area contributed by atoms with Crippen molar-refractivity contribution in [1.82, 2.24) is 0 Å². The van der Waals surface area contributed by atoms with E-state index in [-0.39, 0.29) is 10.8 Å². The van der Waals surface area contributed by atoms with Crippen molar-refractivity contribution < 1.29 is 19.4 Å². The van der Waals surface area contributed by atoms with Crippen molar-refractivity contribution >= 4 is 11.9 Å². The minimum atomic E-state index is -1.20. The van der Waals surface area contributed by atoms with E-state index in [9.17, 15) is 9.59 Å². The highest BCUT2D eigenvalue weighted by atomic mass is 16.5. The van der Waals surface area contributed by atoms with Gasteiger partial charge in [0.2, 0.25) is 0 Å². The number of benzene rings is 1. The predicted molar refractivity (Wildman–Crippen MR) is 85.1 cm³/mol. The maximum atomic E-state index is 12.1. The molecule has 0 aliphatic rings. The molecule has 0 spiro atoms. The molecule has 4 heteroatoms. The lowest BCUT2D eigenvalue weighted by molar-refractivity contribution is -0.152. The van der Waals surface area contributed by atoms with Crippen molar-refractivity contribution in [3.05, 3.63) is 29.3 Å². The van der Waals surface area contributed by atoms with Gasteiger partial charge in [-0.05, 0) is 36.0 Å². The molecule has 1 radical (unpaired) electrons. The van der Waals surface area contributed by atoms with Crippen molar-refractivity contribution in [2.75, 3.05) is 0 Å². The Kier molecular flexibility index (Phi) is 5.06. The molecule has 0 saturated carbocycles. The third-order valence-corrected chi connectivity index (χ3v) is 3.49. The average Bonchev–Trinajstić information content (AvgIpc) is 2.35. The van der Waals surface area contributed by atoms with Crippen molar-refractivity contribution in [3.8, 4) is 5.75 Å². The average molecular weight is 305 g/mol. The number of carbonyl (C=O) groups is 2. The normalized spacial score (nSPS) is 13.6. The number of hydrogen-bond donors (Lipinski definition) is 1. The van der Waals surface area contributed by atoms with E-state index in [1.54, 1.807) is 12.1 Å². The van der Waals surface area contributed by atoms with E-state index in [1.807, 2.05) is 41.5 Å². The highest BCUT2D eigenvalue weighted by molar-refractivity contribution is 5.94. The van der Waals surface area contributed by atoms with Crippen molar-refractivity contribution in [2.45, 2.75) is 59.3 Å². The van der Waals surface area contributed by atoms with E-state index in [0.717, 1.165) is 11.1 Å². The van der Waals surface area contributed by atoms with Gasteiger partial charge < -0.3 is 9.84 Å². The highest BCUT2D eigenvalue weighted by Gasteiger charge is 2.30. The second kappa shape index (κ2) is 6.11. The molecule has 0 heterocycles. The summed E-state index contributed by atoms with van der Waals surface area (Å²) in [6.45, 7) is 13.4. The zero-order valence-electron chi connectivity index (χ0n) is 14.4. The van der Waals surface area contributed by atoms with Crippen LogP contribution in [0.15, 0.2) is 12.1 Å². The van der Waals surface area contributed by atoms with Gasteiger partial charge in [0.05, 0.1) is 0 Å². The Balaban J connectivity index is 3.42. The third-order valence-electron chi connectivity index (χ3n) is 3.49. The number of ether oxygens (including phenoxy) is 1. The molecular weight excluding hydrogens is 280 g/mol. The SMILES string of the molecule is CC(C(=O)O)C(=O)Oc1c(C(C)(C)C)c[c]cc1C(C)(C)C. The second-order valence-corrected chi connectivity index (χ2v) is 7.59. The van der Waals surface area contributed by atoms with Gasteiger partial charge in [-0.3, -0.25) is 9.59 Å². The molecule has 0 aliphatic carbocycles. The van der Waals surface area contributed by atoms with Gasteiger partial charge in [-0.1, -0.05) is 41.5 Å². The molecule has 1 atom stereocenters. The van der Waals surface area contributed by atoms with Crippen LogP contribution in [0.1, 0.15) is 59.6 Å². The van der Waals surface area contributed by atoms with Crippen LogP contribution in [0, 0.1) is 12.0 Å². The van der Waals surface area contributed by atoms with Gasteiger partial charge in [0.25, 0.3) is 0 Å². The molecule has 0 aliphatic heterocycles. The molecule has 1 aromatic carbocycles. The maximum Gasteiger partial charge on any atom is 0.325 e. The highest BCUT2D eigenvalue weighted by Crippen LogP contribution is 2.39. The van der Waals surface area contributed by atoms with Crippen LogP contribution in [0.25, 0.3) is 0 Å². The summed E-state index contributed by atoms with van der Waals surface area (Å²) in [7, 11) is 0. The summed E-state index contributed by atoms with van der Waals surface area (Å²) in [5.41, 5.74) is 1.18. The Bertz CT molecular complexity index is 541. The lowest BCUT2D eigenvalue weighted by atomic mass is 9.79. The molecule has 1 unspecified atom stereocenters. The molecule has 121 valence electrons. The fourth-order valence-corrected chi connectivity index (χ4v) is 2.00. The van der Waals surface area contributed by atoms with Crippen LogP contribution in [-0.4, -0.2) is 17.0 Å². The van der Waals surface area contributed by atoms with Crippen molar-refractivity contribution in [3.63, 3.8) is 0 Å². The lowest BCUT2D eigenvalue weighted by Gasteiger charge is -2.29. The topological polar surface area (TPSA) is 63.6 Å². The monoisotopic (exact) mass is 305 g/mol. The summed E-state index contributed by atoms with van der Waals surface area (Å²) in [5, 5.41) is 8.98. The van der Waals surface area contributed by atoms with Gasteiger partial charge in [0.15, 0.2) is 5.92 Å². The van der Waals surface area contributed by atoms with Gasteiger partial charge in [-0.15, -0.1) is 0 Å². The number of carbonyl (C=O) groups excluding carboxylic acids is 1. The maximum absolute atomic E-state index is 12.1. The van der Waals surface area contributed by atoms with E-state index in [1.165, 1.54) is 6.92 Å². The fourth-order valence-electron chi connectivity index (χ4n) is 2.00. The van der Waals surface area contributed by atoms with Crippen LogP contribution in [0.4, 0.5) is 0 Å². The predicted octanol–water partition coefficient (Wildman–Crippen LogP) is 3.71. The number of rotatable bonds is 3. The first-order valence-electron chi connectivity index (χ1n) is 7.35. The van der Waals surface area contributed by atoms with Gasteiger partial charge in [0, 0.05) is 11.1 Å². The van der Waals surface area contributed by atoms with Crippen LogP contribution in [0.2, 0.25) is 0 Å². The van der Waals surface area contributed by atoms with E-state index in [2.05, 4.69) is 6.07 Å². The Morgan fingerprint density at radius 1 is 1.05 bits per heavy atom. The van der Waals surface area contributed by atoms with Crippen LogP contribution >= 0.6 is 0 Å². The molecule has 1 rings (SSSR count). The molecular formula is C18H25O4. The summed E-state index contributed by atoms with van der Waals surface area (Å²) in [6.07, 6.45) is 0. The summed E-state index contributed by atoms with van der Waals surface area (Å²) in [5.74, 6) is -2.70. The summed E-state index contributed by atoms with van der Waals surface area (Å²) in [6, 6.07) is 6.69. The van der Waals surface area contributed by atoms with Crippen molar-refractivity contribution in [1.29, 1.82) is 0 Å². The standard InChI is InChI=1S/C18H25O4/c1-11(15(19)20)16(21)22-14-12(17(2,3)4)9-8-10-13(14)18(5,6)7/h9-11H,1-7H3,(H,19,20). The summed E-state index contributed by atoms with van der Waals surface area (Å²) < 4.78 is 5.51. The first-order chi connectivity index (χ1) is 9.85. The van der Waals surface area contributed by atoms with Crippen LogP contribution in [0.3, 0.4) is 0 Å². The van der Waals surface area contributed by atoms with Gasteiger partial charge in [-0.25, -0.2) is 0 Å². The molecule has 0 bridgehead atoms. The number of hydrogen-bond acceptors (Lipinski definition) is 3. The van der Waals surface area contributed by atoms with E-state index in [0.29, 0.717) is 5.75 Å². The number of carboxylic acids is 1. The molecule has 1 N–H and O–H groups in total. The summed E-state index contributed by atoms with van der Waals surface area (Å²) in [4.78, 5) is 23.1. The number of esters is 1. The number of aliphatic carboxylic acids is 1. The molecule has 4 nitrogen and oxygen atoms in total. The molecule has 0 amide bonds. The second-order valence-electron chi connectivity index (χ2n) is 7.59. The lowest BCUT2D eigenvalue weighted by Crippen LogP contribution is -2.28. The van der Waals surface area contributed by atoms with Crippen LogP contribution < -0.4 is 4.74 Å². The molecule has 0 fully saturated rings. The van der Waals surface area contributed by atoms with E-state index >= 15 is 0 Å². The van der Waals surface area contributed by atoms with Gasteiger partial charge >= 0.3 is 11.9 Å². The smallest absolute Gasteiger partial charge is 0.325 e. The fraction of sp³-hybridized carbons (Fsp3) is 0.556. The Labute approximate surface area is 132 Å². The molecule has 1 aromatic rings. The quantitative estimate of drug-likeness (QED) is 0.525. The summed E-state index contributed by atoms with van der Waals surface area (Å²) >= 11 is 0. The largest absolute Gasteiger partial charge is 0.481 e. The van der Waals surface area contributed by atoms with Crippen LogP contribution in [0.5, 0.6) is 5.75 Å². The van der Waals surface area contributed by atoms with Gasteiger partial charge in [0.1, 0.15) is 5.75 Å². The number of carboxylic acid groups (broad SMARTS) is 1. The zero-order valence-corrected chi connectivity index (χ0v) is 14.4. The third kappa shape index (κ3) is 4.09. The van der Waals surface area contributed by atoms with E-state index in [4.69, 9.17) is 9.84 Å². The van der Waals surface area contributed by atoms with E-state index < -0.39 is 17.9 Å². The molecule has 0 saturated heterocycles. The first-order valence-corrected chi connectivity index (χ1v) is 7.35. The molecule has 22 heavy (non-hydrogen) atoms. The first kappa shape index (κ1) is 18.2. The van der Waals surface area contributed by atoms with Crippen molar-refractivity contribution in [2.24, 2.45) is 5.92 Å². The minimum Gasteiger partial charge on any atom is -0.481 e. The Morgan fingerprint density at radius 3 is 1.77 bits per heavy atom. The van der Waals surface area contributed by atoms with Gasteiger partial charge in [-0.2, -0.15) is 0 Å². The Hall–Kier alpha value is -1.84. The van der Waals surface area contributed by atoms with Crippen LogP contribution in [-0.2, 0) is 20.4 Å². The molecule has 0 aromatic heterocycles. The minimum absolute atomic E-state index is 0.250. The zero-order chi connectivity index (χ0) is 17.3. The Morgan fingerprint density at radius 2 is 1.45 bits per heavy atom.